The summed E-state index contributed by atoms with van der Waals surface area (Å²) in [5, 5.41) is 0.213. The van der Waals surface area contributed by atoms with Crippen molar-refractivity contribution in [1.29, 1.82) is 0 Å². The number of rotatable bonds is 4. The van der Waals surface area contributed by atoms with Crippen LogP contribution in [0.5, 0.6) is 0 Å². The van der Waals surface area contributed by atoms with Crippen molar-refractivity contribution in [2.45, 2.75) is 19.1 Å². The predicted molar refractivity (Wildman–Crippen MR) is 58.6 cm³/mol. The molecule has 0 N–H and O–H groups in total. The minimum Gasteiger partial charge on any atom is -0.349 e. The van der Waals surface area contributed by atoms with Gasteiger partial charge < -0.3 is 9.47 Å². The highest BCUT2D eigenvalue weighted by Crippen LogP contribution is 2.44. The van der Waals surface area contributed by atoms with Crippen LogP contribution in [0.3, 0.4) is 0 Å². The van der Waals surface area contributed by atoms with Gasteiger partial charge in [-0.15, -0.1) is 6.58 Å². The molecule has 0 bridgehead atoms. The highest BCUT2D eigenvalue weighted by molar-refractivity contribution is 6.44. The number of ketones is 1. The summed E-state index contributed by atoms with van der Waals surface area (Å²) in [7, 11) is 3.01. The van der Waals surface area contributed by atoms with Crippen LogP contribution in [0.25, 0.3) is 0 Å². The lowest BCUT2D eigenvalue weighted by Crippen LogP contribution is -2.42. The molecule has 0 saturated carbocycles. The molecule has 0 amide bonds. The topological polar surface area (TPSA) is 35.5 Å². The molecular weight excluding hydrogens is 216 g/mol. The first kappa shape index (κ1) is 12.4. The van der Waals surface area contributed by atoms with Crippen molar-refractivity contribution in [1.82, 2.24) is 0 Å². The summed E-state index contributed by atoms with van der Waals surface area (Å²) in [4.78, 5) is 11.8. The molecule has 1 aliphatic rings. The van der Waals surface area contributed by atoms with Crippen molar-refractivity contribution in [3.05, 3.63) is 23.3 Å². The number of allylic oxidation sites excluding steroid dienone is 2. The van der Waals surface area contributed by atoms with Crippen molar-refractivity contribution < 1.29 is 14.3 Å². The Morgan fingerprint density at radius 3 is 2.47 bits per heavy atom. The lowest BCUT2D eigenvalue weighted by Gasteiger charge is -2.32. The zero-order chi connectivity index (χ0) is 11.6. The minimum absolute atomic E-state index is 0.141. The number of carbonyl (C=O) groups excluding carboxylic acids is 1. The van der Waals surface area contributed by atoms with Gasteiger partial charge in [0.05, 0.1) is 11.0 Å². The molecule has 0 radical (unpaired) electrons. The van der Waals surface area contributed by atoms with Crippen LogP contribution >= 0.6 is 11.6 Å². The highest BCUT2D eigenvalue weighted by Gasteiger charge is 2.52. The third-order valence-electron chi connectivity index (χ3n) is 2.85. The van der Waals surface area contributed by atoms with Crippen molar-refractivity contribution in [2.24, 2.45) is 5.92 Å². The summed E-state index contributed by atoms with van der Waals surface area (Å²) in [6.07, 6.45) is 2.15. The second-order valence-electron chi connectivity index (χ2n) is 3.46. The van der Waals surface area contributed by atoms with E-state index in [2.05, 4.69) is 6.58 Å². The second kappa shape index (κ2) is 4.47. The van der Waals surface area contributed by atoms with E-state index in [9.17, 15) is 4.79 Å². The van der Waals surface area contributed by atoms with Crippen LogP contribution in [0.2, 0.25) is 0 Å². The molecule has 0 aromatic heterocycles. The van der Waals surface area contributed by atoms with Gasteiger partial charge in [-0.1, -0.05) is 17.7 Å². The van der Waals surface area contributed by atoms with Gasteiger partial charge in [-0.3, -0.25) is 4.79 Å². The number of hydrogen-bond acceptors (Lipinski definition) is 3. The van der Waals surface area contributed by atoms with Gasteiger partial charge in [0.15, 0.2) is 5.78 Å². The van der Waals surface area contributed by atoms with Gasteiger partial charge in [-0.25, -0.2) is 0 Å². The van der Waals surface area contributed by atoms with E-state index in [1.165, 1.54) is 14.2 Å². The monoisotopic (exact) mass is 230 g/mol. The number of carbonyl (C=O) groups is 1. The van der Waals surface area contributed by atoms with E-state index in [1.807, 2.05) is 0 Å². The van der Waals surface area contributed by atoms with E-state index in [0.29, 0.717) is 12.0 Å². The third-order valence-corrected chi connectivity index (χ3v) is 3.32. The Kier molecular flexibility index (Phi) is 3.71. The molecule has 1 atom stereocenters. The molecule has 3 nitrogen and oxygen atoms in total. The Labute approximate surface area is 94.7 Å². The quantitative estimate of drug-likeness (QED) is 0.549. The molecule has 1 unspecified atom stereocenters. The molecular formula is C11H15ClO3. The van der Waals surface area contributed by atoms with Gasteiger partial charge in [0.25, 0.3) is 0 Å². The number of hydrogen-bond donors (Lipinski definition) is 0. The molecule has 1 aliphatic carbocycles. The second-order valence-corrected chi connectivity index (χ2v) is 3.83. The summed E-state index contributed by atoms with van der Waals surface area (Å²) in [6, 6.07) is 0. The van der Waals surface area contributed by atoms with E-state index < -0.39 is 11.7 Å². The summed E-state index contributed by atoms with van der Waals surface area (Å²) in [6.45, 7) is 5.36. The Bertz CT molecular complexity index is 316. The summed E-state index contributed by atoms with van der Waals surface area (Å²) >= 11 is 5.92. The molecule has 0 heterocycles. The van der Waals surface area contributed by atoms with E-state index in [4.69, 9.17) is 21.1 Å². The minimum atomic E-state index is -1.03. The average Bonchev–Trinajstić information content (AvgIpc) is 2.43. The summed E-state index contributed by atoms with van der Waals surface area (Å²) in [5.41, 5.74) is 0.631. The Hall–Kier alpha value is -0.640. The van der Waals surface area contributed by atoms with Gasteiger partial charge in [-0.05, 0) is 13.3 Å². The van der Waals surface area contributed by atoms with Crippen LogP contribution in [0.15, 0.2) is 23.3 Å². The van der Waals surface area contributed by atoms with Crippen LogP contribution in [-0.2, 0) is 14.3 Å². The fourth-order valence-electron chi connectivity index (χ4n) is 2.03. The van der Waals surface area contributed by atoms with Crippen molar-refractivity contribution >= 4 is 17.4 Å². The largest absolute Gasteiger partial charge is 0.349 e. The van der Waals surface area contributed by atoms with Crippen molar-refractivity contribution in [3.8, 4) is 0 Å². The maximum absolute atomic E-state index is 11.8. The first-order valence-electron chi connectivity index (χ1n) is 4.67. The Morgan fingerprint density at radius 2 is 2.07 bits per heavy atom. The van der Waals surface area contributed by atoms with Crippen LogP contribution in [0, 0.1) is 5.92 Å². The van der Waals surface area contributed by atoms with Gasteiger partial charge >= 0.3 is 0 Å². The van der Waals surface area contributed by atoms with Crippen molar-refractivity contribution in [2.75, 3.05) is 14.2 Å². The number of Topliss-reactive ketones (excluding diaryl/α,β-unsaturated/α-hetero) is 1. The Morgan fingerprint density at radius 1 is 1.53 bits per heavy atom. The van der Waals surface area contributed by atoms with E-state index in [0.717, 1.165) is 0 Å². The van der Waals surface area contributed by atoms with E-state index in [-0.39, 0.29) is 10.8 Å². The van der Waals surface area contributed by atoms with Crippen LogP contribution < -0.4 is 0 Å². The normalized spacial score (nSPS) is 24.8. The van der Waals surface area contributed by atoms with Gasteiger partial charge in [0.1, 0.15) is 0 Å². The molecule has 0 aromatic carbocycles. The molecule has 4 heteroatoms. The lowest BCUT2D eigenvalue weighted by molar-refractivity contribution is -0.204. The molecule has 15 heavy (non-hydrogen) atoms. The standard InChI is InChI=1S/C11H15ClO3/c1-5-6-8-10(13)9(12)7(2)11(8,14-3)15-4/h5,8H,1,6H2,2-4H3. The number of methoxy groups -OCH3 is 2. The highest BCUT2D eigenvalue weighted by atomic mass is 35.5. The zero-order valence-corrected chi connectivity index (χ0v) is 9.93. The lowest BCUT2D eigenvalue weighted by atomic mass is 9.93. The van der Waals surface area contributed by atoms with Gasteiger partial charge in [-0.2, -0.15) is 0 Å². The van der Waals surface area contributed by atoms with E-state index in [1.54, 1.807) is 13.0 Å². The summed E-state index contributed by atoms with van der Waals surface area (Å²) < 4.78 is 10.7. The van der Waals surface area contributed by atoms with Crippen LogP contribution in [-0.4, -0.2) is 25.8 Å². The fourth-order valence-corrected chi connectivity index (χ4v) is 2.29. The molecule has 0 aromatic rings. The zero-order valence-electron chi connectivity index (χ0n) is 9.17. The molecule has 84 valence electrons. The SMILES string of the molecule is C=CCC1C(=O)C(Cl)=C(C)C1(OC)OC. The average molecular weight is 231 g/mol. The number of halogens is 1. The van der Waals surface area contributed by atoms with Crippen LogP contribution in [0.4, 0.5) is 0 Å². The maximum Gasteiger partial charge on any atom is 0.202 e. The Balaban J connectivity index is 3.19. The van der Waals surface area contributed by atoms with Gasteiger partial charge in [0, 0.05) is 19.8 Å². The molecule has 0 aliphatic heterocycles. The predicted octanol–water partition coefficient (Wildman–Crippen LogP) is 2.26. The van der Waals surface area contributed by atoms with E-state index >= 15 is 0 Å². The fraction of sp³-hybridized carbons (Fsp3) is 0.545. The first-order valence-corrected chi connectivity index (χ1v) is 5.05. The smallest absolute Gasteiger partial charge is 0.202 e. The number of ether oxygens (including phenoxy) is 2. The summed E-state index contributed by atoms with van der Waals surface area (Å²) in [5.74, 6) is -1.60. The molecule has 0 fully saturated rings. The molecule has 1 rings (SSSR count). The van der Waals surface area contributed by atoms with Gasteiger partial charge in [0.2, 0.25) is 5.79 Å². The molecule has 0 spiro atoms. The maximum atomic E-state index is 11.8. The third kappa shape index (κ3) is 1.65. The van der Waals surface area contributed by atoms with Crippen molar-refractivity contribution in [3.63, 3.8) is 0 Å². The first-order chi connectivity index (χ1) is 7.05. The van der Waals surface area contributed by atoms with Crippen LogP contribution in [0.1, 0.15) is 13.3 Å². The molecule has 0 saturated heterocycles.